The van der Waals surface area contributed by atoms with Crippen LogP contribution in [0.2, 0.25) is 0 Å². The van der Waals surface area contributed by atoms with Gasteiger partial charge in [-0.25, -0.2) is 4.79 Å². The van der Waals surface area contributed by atoms with E-state index in [1.165, 1.54) is 19.2 Å². The Labute approximate surface area is 138 Å². The normalized spacial score (nSPS) is 16.5. The zero-order chi connectivity index (χ0) is 17.5. The first-order chi connectivity index (χ1) is 11.5. The van der Waals surface area contributed by atoms with Gasteiger partial charge in [0.05, 0.1) is 23.7 Å². The van der Waals surface area contributed by atoms with E-state index in [1.54, 1.807) is 0 Å². The molecule has 0 radical (unpaired) electrons. The van der Waals surface area contributed by atoms with E-state index < -0.39 is 23.4 Å². The highest BCUT2D eigenvalue weighted by Gasteiger charge is 2.20. The Morgan fingerprint density at radius 3 is 2.88 bits per heavy atom. The van der Waals surface area contributed by atoms with Crippen molar-refractivity contribution in [1.29, 1.82) is 0 Å². The highest BCUT2D eigenvalue weighted by atomic mass is 16.6. The molecule has 0 bridgehead atoms. The molecule has 1 saturated heterocycles. The lowest BCUT2D eigenvalue weighted by Gasteiger charge is -2.11. The van der Waals surface area contributed by atoms with E-state index in [0.29, 0.717) is 13.2 Å². The van der Waals surface area contributed by atoms with E-state index in [2.05, 4.69) is 5.32 Å². The summed E-state index contributed by atoms with van der Waals surface area (Å²) in [7, 11) is 1.29. The van der Waals surface area contributed by atoms with Gasteiger partial charge in [0.15, 0.2) is 12.4 Å². The van der Waals surface area contributed by atoms with Gasteiger partial charge in [0.1, 0.15) is 0 Å². The molecule has 1 N–H and O–H groups in total. The smallest absolute Gasteiger partial charge is 0.338 e. The summed E-state index contributed by atoms with van der Waals surface area (Å²) >= 11 is 0. The van der Waals surface area contributed by atoms with Crippen LogP contribution in [0, 0.1) is 10.1 Å². The number of methoxy groups -OCH3 is 1. The van der Waals surface area contributed by atoms with Crippen molar-refractivity contribution in [1.82, 2.24) is 5.32 Å². The Balaban J connectivity index is 1.86. The molecular weight excluding hydrogens is 320 g/mol. The Morgan fingerprint density at radius 1 is 1.46 bits per heavy atom. The van der Waals surface area contributed by atoms with Crippen LogP contribution in [0.5, 0.6) is 5.75 Å². The minimum Gasteiger partial charge on any atom is -0.490 e. The number of benzene rings is 1. The third-order valence-electron chi connectivity index (χ3n) is 3.50. The highest BCUT2D eigenvalue weighted by molar-refractivity contribution is 5.92. The topological polar surface area (TPSA) is 117 Å². The number of ether oxygens (including phenoxy) is 3. The van der Waals surface area contributed by atoms with Crippen molar-refractivity contribution in [3.63, 3.8) is 0 Å². The van der Waals surface area contributed by atoms with E-state index in [0.717, 1.165) is 18.9 Å². The van der Waals surface area contributed by atoms with Gasteiger partial charge >= 0.3 is 11.7 Å². The van der Waals surface area contributed by atoms with Crippen molar-refractivity contribution in [2.75, 3.05) is 26.9 Å². The number of carbonyl (C=O) groups excluding carboxylic acids is 2. The molecule has 0 unspecified atom stereocenters. The van der Waals surface area contributed by atoms with Gasteiger partial charge in [-0.2, -0.15) is 0 Å². The molecule has 0 spiro atoms. The third kappa shape index (κ3) is 4.66. The fourth-order valence-electron chi connectivity index (χ4n) is 2.26. The molecule has 2 rings (SSSR count). The average molecular weight is 338 g/mol. The van der Waals surface area contributed by atoms with Crippen LogP contribution >= 0.6 is 0 Å². The van der Waals surface area contributed by atoms with Gasteiger partial charge in [0.25, 0.3) is 5.91 Å². The van der Waals surface area contributed by atoms with Crippen molar-refractivity contribution in [3.8, 4) is 5.75 Å². The quantitative estimate of drug-likeness (QED) is 0.448. The first kappa shape index (κ1) is 17.7. The number of rotatable bonds is 7. The second-order valence-corrected chi connectivity index (χ2v) is 5.16. The largest absolute Gasteiger partial charge is 0.490 e. The molecule has 1 aliphatic heterocycles. The van der Waals surface area contributed by atoms with Crippen LogP contribution in [0.15, 0.2) is 18.2 Å². The van der Waals surface area contributed by atoms with Crippen molar-refractivity contribution >= 4 is 17.6 Å². The molecule has 0 aliphatic carbocycles. The number of carbonyl (C=O) groups is 2. The minimum absolute atomic E-state index is 0.00566. The standard InChI is InChI=1S/C15H18N2O7/c1-22-13-5-4-10(7-12(13)17(20)21)15(19)24-9-14(18)16-8-11-3-2-6-23-11/h4-5,7,11H,2-3,6,8-9H2,1H3,(H,16,18)/t11-/m0/s1. The van der Waals surface area contributed by atoms with E-state index in [4.69, 9.17) is 14.2 Å². The zero-order valence-corrected chi connectivity index (χ0v) is 13.1. The monoisotopic (exact) mass is 338 g/mol. The maximum Gasteiger partial charge on any atom is 0.338 e. The number of hydrogen-bond donors (Lipinski definition) is 1. The van der Waals surface area contributed by atoms with Crippen molar-refractivity contribution in [2.45, 2.75) is 18.9 Å². The molecule has 0 saturated carbocycles. The number of nitrogens with one attached hydrogen (secondary N) is 1. The summed E-state index contributed by atoms with van der Waals surface area (Å²) < 4.78 is 15.1. The molecule has 9 nitrogen and oxygen atoms in total. The molecule has 1 aliphatic rings. The molecule has 1 aromatic carbocycles. The Kier molecular flexibility index (Phi) is 6.07. The molecule has 24 heavy (non-hydrogen) atoms. The Bertz CT molecular complexity index is 626. The van der Waals surface area contributed by atoms with Crippen LogP contribution in [0.4, 0.5) is 5.69 Å². The summed E-state index contributed by atoms with van der Waals surface area (Å²) in [5.41, 5.74) is -0.385. The Hall–Kier alpha value is -2.68. The summed E-state index contributed by atoms with van der Waals surface area (Å²) in [5.74, 6) is -1.25. The predicted octanol–water partition coefficient (Wildman–Crippen LogP) is 1.06. The van der Waals surface area contributed by atoms with Gasteiger partial charge in [0.2, 0.25) is 0 Å². The molecule has 1 fully saturated rings. The lowest BCUT2D eigenvalue weighted by Crippen LogP contribution is -2.34. The summed E-state index contributed by atoms with van der Waals surface area (Å²) in [5, 5.41) is 13.5. The molecule has 1 atom stereocenters. The average Bonchev–Trinajstić information content (AvgIpc) is 3.10. The third-order valence-corrected chi connectivity index (χ3v) is 3.50. The maximum absolute atomic E-state index is 11.9. The Morgan fingerprint density at radius 2 is 2.25 bits per heavy atom. The van der Waals surface area contributed by atoms with Gasteiger partial charge < -0.3 is 19.5 Å². The highest BCUT2D eigenvalue weighted by Crippen LogP contribution is 2.27. The van der Waals surface area contributed by atoms with Gasteiger partial charge in [-0.3, -0.25) is 14.9 Å². The van der Waals surface area contributed by atoms with Crippen molar-refractivity contribution in [3.05, 3.63) is 33.9 Å². The lowest BCUT2D eigenvalue weighted by atomic mass is 10.2. The first-order valence-electron chi connectivity index (χ1n) is 7.39. The molecule has 0 aromatic heterocycles. The lowest BCUT2D eigenvalue weighted by molar-refractivity contribution is -0.385. The zero-order valence-electron chi connectivity index (χ0n) is 13.1. The number of esters is 1. The molecule has 1 aromatic rings. The fraction of sp³-hybridized carbons (Fsp3) is 0.467. The summed E-state index contributed by atoms with van der Waals surface area (Å²) in [6, 6.07) is 3.68. The van der Waals surface area contributed by atoms with E-state index >= 15 is 0 Å². The summed E-state index contributed by atoms with van der Waals surface area (Å²) in [6.07, 6.45) is 1.84. The van der Waals surface area contributed by atoms with Gasteiger partial charge in [0, 0.05) is 19.2 Å². The van der Waals surface area contributed by atoms with Gasteiger partial charge in [-0.1, -0.05) is 0 Å². The van der Waals surface area contributed by atoms with E-state index in [1.807, 2.05) is 0 Å². The number of nitro groups is 1. The molecule has 9 heteroatoms. The first-order valence-corrected chi connectivity index (χ1v) is 7.39. The molecular formula is C15H18N2O7. The van der Waals surface area contributed by atoms with Crippen LogP contribution < -0.4 is 10.1 Å². The van der Waals surface area contributed by atoms with Crippen LogP contribution in [-0.2, 0) is 14.3 Å². The van der Waals surface area contributed by atoms with Gasteiger partial charge in [-0.05, 0) is 25.0 Å². The molecule has 130 valence electrons. The second kappa shape index (κ2) is 8.25. The van der Waals surface area contributed by atoms with E-state index in [-0.39, 0.29) is 23.1 Å². The number of nitrogens with zero attached hydrogens (tertiary/aromatic N) is 1. The van der Waals surface area contributed by atoms with E-state index in [9.17, 15) is 19.7 Å². The number of nitro benzene ring substituents is 1. The molecule has 1 heterocycles. The van der Waals surface area contributed by atoms with Crippen LogP contribution in [0.3, 0.4) is 0 Å². The van der Waals surface area contributed by atoms with Crippen molar-refractivity contribution in [2.24, 2.45) is 0 Å². The van der Waals surface area contributed by atoms with Crippen LogP contribution in [-0.4, -0.2) is 49.8 Å². The van der Waals surface area contributed by atoms with Gasteiger partial charge in [-0.15, -0.1) is 0 Å². The number of amides is 1. The minimum atomic E-state index is -0.826. The van der Waals surface area contributed by atoms with Crippen LogP contribution in [0.25, 0.3) is 0 Å². The summed E-state index contributed by atoms with van der Waals surface area (Å²) in [6.45, 7) is 0.585. The second-order valence-electron chi connectivity index (χ2n) is 5.16. The SMILES string of the molecule is COc1ccc(C(=O)OCC(=O)NC[C@@H]2CCCO2)cc1[N+](=O)[O-]. The predicted molar refractivity (Wildman–Crippen MR) is 81.9 cm³/mol. The maximum atomic E-state index is 11.9. The number of hydrogen-bond acceptors (Lipinski definition) is 7. The summed E-state index contributed by atoms with van der Waals surface area (Å²) in [4.78, 5) is 33.8. The molecule has 1 amide bonds. The van der Waals surface area contributed by atoms with Crippen molar-refractivity contribution < 1.29 is 28.7 Å². The fourth-order valence-corrected chi connectivity index (χ4v) is 2.26. The van der Waals surface area contributed by atoms with Crippen LogP contribution in [0.1, 0.15) is 23.2 Å².